The van der Waals surface area contributed by atoms with Crippen molar-refractivity contribution in [3.05, 3.63) is 77.1 Å². The van der Waals surface area contributed by atoms with Gasteiger partial charge in [0.25, 0.3) is 0 Å². The van der Waals surface area contributed by atoms with Crippen molar-refractivity contribution in [1.29, 1.82) is 5.26 Å². The molecule has 1 N–H and O–H groups in total. The fourth-order valence-electron chi connectivity index (χ4n) is 2.39. The summed E-state index contributed by atoms with van der Waals surface area (Å²) < 4.78 is 0. The van der Waals surface area contributed by atoms with Gasteiger partial charge in [0.05, 0.1) is 23.5 Å². The number of aromatic nitrogens is 2. The maximum absolute atomic E-state index is 9.27. The van der Waals surface area contributed by atoms with Gasteiger partial charge in [0.2, 0.25) is 0 Å². The Kier molecular flexibility index (Phi) is 4.82. The van der Waals surface area contributed by atoms with Crippen molar-refractivity contribution in [3.63, 3.8) is 0 Å². The fraction of sp³-hybridized carbons (Fsp3) is 0.100. The summed E-state index contributed by atoms with van der Waals surface area (Å²) in [6.07, 6.45) is 1.74. The molecule has 0 fully saturated rings. The number of nitrogens with zero attached hydrogens (tertiary/aromatic N) is 4. The zero-order valence-corrected chi connectivity index (χ0v) is 14.1. The van der Waals surface area contributed by atoms with Gasteiger partial charge in [-0.3, -0.25) is 5.43 Å². The molecule has 0 amide bonds. The Labute approximate surface area is 146 Å². The summed E-state index contributed by atoms with van der Waals surface area (Å²) in [5, 5.41) is 13.5. The highest BCUT2D eigenvalue weighted by Crippen LogP contribution is 2.23. The zero-order chi connectivity index (χ0) is 17.6. The van der Waals surface area contributed by atoms with Crippen LogP contribution < -0.4 is 5.43 Å². The van der Waals surface area contributed by atoms with Crippen LogP contribution in [0.1, 0.15) is 22.5 Å². The van der Waals surface area contributed by atoms with Gasteiger partial charge < -0.3 is 0 Å². The van der Waals surface area contributed by atoms with Gasteiger partial charge >= 0.3 is 0 Å². The highest BCUT2D eigenvalue weighted by atomic mass is 15.3. The first-order valence-corrected chi connectivity index (χ1v) is 7.86. The summed E-state index contributed by atoms with van der Waals surface area (Å²) in [5.74, 6) is 1.19. The Hall–Kier alpha value is -3.52. The van der Waals surface area contributed by atoms with Gasteiger partial charge in [-0.1, -0.05) is 48.0 Å². The first-order valence-electron chi connectivity index (χ1n) is 7.86. The van der Waals surface area contributed by atoms with Crippen LogP contribution in [0.4, 0.5) is 5.82 Å². The van der Waals surface area contributed by atoms with E-state index in [0.29, 0.717) is 22.9 Å². The topological polar surface area (TPSA) is 74.0 Å². The standard InChI is InChI=1S/C20H17N5/c1-14-7-9-16(10-8-14)13-22-25-20-11-19(23-15(2)24-20)18-6-4-3-5-17(18)12-21/h3-11,13H,1-2H3,(H,23,24,25)/b22-13+. The van der Waals surface area contributed by atoms with Crippen LogP contribution in [0.3, 0.4) is 0 Å². The van der Waals surface area contributed by atoms with Crippen molar-refractivity contribution in [2.24, 2.45) is 5.10 Å². The molecule has 5 heteroatoms. The van der Waals surface area contributed by atoms with E-state index in [0.717, 1.165) is 11.1 Å². The van der Waals surface area contributed by atoms with Gasteiger partial charge in [-0.2, -0.15) is 10.4 Å². The Morgan fingerprint density at radius 1 is 1.04 bits per heavy atom. The number of rotatable bonds is 4. The van der Waals surface area contributed by atoms with Crippen molar-refractivity contribution in [1.82, 2.24) is 9.97 Å². The second kappa shape index (κ2) is 7.37. The molecule has 0 radical (unpaired) electrons. The average molecular weight is 327 g/mol. The minimum absolute atomic E-state index is 0.578. The molecule has 122 valence electrons. The number of aryl methyl sites for hydroxylation is 2. The van der Waals surface area contributed by atoms with E-state index in [4.69, 9.17) is 0 Å². The molecule has 0 aliphatic carbocycles. The van der Waals surface area contributed by atoms with E-state index in [2.05, 4.69) is 26.6 Å². The predicted octanol–water partition coefficient (Wildman–Crippen LogP) is 4.08. The second-order valence-electron chi connectivity index (χ2n) is 5.62. The van der Waals surface area contributed by atoms with Crippen LogP contribution in [0.2, 0.25) is 0 Å². The van der Waals surface area contributed by atoms with Gasteiger partial charge in [0.15, 0.2) is 0 Å². The molecule has 2 aromatic carbocycles. The molecule has 5 nitrogen and oxygen atoms in total. The molecule has 0 aliphatic heterocycles. The van der Waals surface area contributed by atoms with Crippen LogP contribution in [0.25, 0.3) is 11.3 Å². The SMILES string of the molecule is Cc1ccc(/C=N/Nc2cc(-c3ccccc3C#N)nc(C)n2)cc1. The van der Waals surface area contributed by atoms with E-state index < -0.39 is 0 Å². The third-order valence-corrected chi connectivity index (χ3v) is 3.63. The highest BCUT2D eigenvalue weighted by Gasteiger charge is 2.08. The molecule has 0 saturated heterocycles. The molecule has 0 aliphatic rings. The van der Waals surface area contributed by atoms with Crippen LogP contribution in [0, 0.1) is 25.2 Å². The average Bonchev–Trinajstić information content (AvgIpc) is 2.63. The van der Waals surface area contributed by atoms with Crippen LogP contribution >= 0.6 is 0 Å². The lowest BCUT2D eigenvalue weighted by molar-refractivity contribution is 1.05. The van der Waals surface area contributed by atoms with Crippen LogP contribution in [0.5, 0.6) is 0 Å². The summed E-state index contributed by atoms with van der Waals surface area (Å²) in [6, 6.07) is 19.4. The lowest BCUT2D eigenvalue weighted by atomic mass is 10.1. The molecule has 3 rings (SSSR count). The van der Waals surface area contributed by atoms with Crippen molar-refractivity contribution in [2.45, 2.75) is 13.8 Å². The van der Waals surface area contributed by atoms with E-state index in [9.17, 15) is 5.26 Å². The summed E-state index contributed by atoms with van der Waals surface area (Å²) in [7, 11) is 0. The maximum atomic E-state index is 9.27. The first kappa shape index (κ1) is 16.3. The Morgan fingerprint density at radius 3 is 2.56 bits per heavy atom. The number of anilines is 1. The lowest BCUT2D eigenvalue weighted by Gasteiger charge is -2.07. The highest BCUT2D eigenvalue weighted by molar-refractivity contribution is 5.80. The van der Waals surface area contributed by atoms with E-state index >= 15 is 0 Å². The molecule has 1 aromatic heterocycles. The molecule has 0 unspecified atom stereocenters. The van der Waals surface area contributed by atoms with E-state index in [1.807, 2.05) is 56.3 Å². The normalized spacial score (nSPS) is 10.6. The summed E-state index contributed by atoms with van der Waals surface area (Å²) >= 11 is 0. The number of nitrogens with one attached hydrogen (secondary N) is 1. The fourth-order valence-corrected chi connectivity index (χ4v) is 2.39. The van der Waals surface area contributed by atoms with E-state index in [-0.39, 0.29) is 0 Å². The van der Waals surface area contributed by atoms with Crippen molar-refractivity contribution < 1.29 is 0 Å². The summed E-state index contributed by atoms with van der Waals surface area (Å²) in [4.78, 5) is 8.78. The number of hydrogen-bond acceptors (Lipinski definition) is 5. The van der Waals surface area contributed by atoms with Crippen molar-refractivity contribution in [3.8, 4) is 17.3 Å². The second-order valence-corrected chi connectivity index (χ2v) is 5.62. The molecular weight excluding hydrogens is 310 g/mol. The first-order chi connectivity index (χ1) is 12.2. The number of benzene rings is 2. The minimum atomic E-state index is 0.578. The molecule has 0 spiro atoms. The van der Waals surface area contributed by atoms with Gasteiger partial charge in [0.1, 0.15) is 11.6 Å². The van der Waals surface area contributed by atoms with Crippen LogP contribution in [0.15, 0.2) is 59.7 Å². The quantitative estimate of drug-likeness (QED) is 0.579. The minimum Gasteiger partial charge on any atom is -0.261 e. The lowest BCUT2D eigenvalue weighted by Crippen LogP contribution is -1.99. The van der Waals surface area contributed by atoms with Gasteiger partial charge in [-0.15, -0.1) is 0 Å². The van der Waals surface area contributed by atoms with E-state index in [1.165, 1.54) is 5.56 Å². The Balaban J connectivity index is 1.85. The van der Waals surface area contributed by atoms with Crippen LogP contribution in [-0.2, 0) is 0 Å². The summed E-state index contributed by atoms with van der Waals surface area (Å²) in [5.41, 5.74) is 7.19. The molecule has 1 heterocycles. The molecular formula is C20H17N5. The largest absolute Gasteiger partial charge is 0.261 e. The molecule has 25 heavy (non-hydrogen) atoms. The molecule has 0 atom stereocenters. The van der Waals surface area contributed by atoms with Gasteiger partial charge in [-0.25, -0.2) is 9.97 Å². The number of nitriles is 1. The maximum Gasteiger partial charge on any atom is 0.150 e. The third kappa shape index (κ3) is 4.06. The number of hydrogen-bond donors (Lipinski definition) is 1. The Bertz CT molecular complexity index is 953. The summed E-state index contributed by atoms with van der Waals surface area (Å²) in [6.45, 7) is 3.86. The van der Waals surface area contributed by atoms with Gasteiger partial charge in [-0.05, 0) is 25.5 Å². The third-order valence-electron chi connectivity index (χ3n) is 3.63. The van der Waals surface area contributed by atoms with E-state index in [1.54, 1.807) is 18.3 Å². The van der Waals surface area contributed by atoms with Crippen molar-refractivity contribution >= 4 is 12.0 Å². The monoisotopic (exact) mass is 327 g/mol. The van der Waals surface area contributed by atoms with Crippen LogP contribution in [-0.4, -0.2) is 16.2 Å². The smallest absolute Gasteiger partial charge is 0.150 e. The molecule has 0 saturated carbocycles. The number of hydrazone groups is 1. The Morgan fingerprint density at radius 2 is 1.80 bits per heavy atom. The zero-order valence-electron chi connectivity index (χ0n) is 14.1. The van der Waals surface area contributed by atoms with Gasteiger partial charge in [0, 0.05) is 11.6 Å². The van der Waals surface area contributed by atoms with Crippen molar-refractivity contribution in [2.75, 3.05) is 5.43 Å². The molecule has 3 aromatic rings. The molecule has 0 bridgehead atoms. The predicted molar refractivity (Wildman–Crippen MR) is 99.3 cm³/mol.